The zero-order valence-electron chi connectivity index (χ0n) is 21.9. The van der Waals surface area contributed by atoms with Crippen molar-refractivity contribution >= 4 is 18.2 Å². The molecule has 0 aliphatic heterocycles. The Morgan fingerprint density at radius 3 is 2.50 bits per heavy atom. The van der Waals surface area contributed by atoms with Crippen molar-refractivity contribution in [2.75, 3.05) is 0 Å². The summed E-state index contributed by atoms with van der Waals surface area (Å²) in [5.74, 6) is -1.75. The SMILES string of the molecule is C[C@]12CC[C@H]3[C@@H](CC[C@]4(O)C[C@@H](OC(=O)CCCC(=O)O)CC[C@]34C=O)[C@@]1(O)CC[C@@H]2c1ccc(=O)oc1. The predicted octanol–water partition coefficient (Wildman–Crippen LogP) is 3.34. The number of rotatable bonds is 7. The van der Waals surface area contributed by atoms with Crippen molar-refractivity contribution in [2.24, 2.45) is 22.7 Å². The first-order valence-electron chi connectivity index (χ1n) is 13.9. The van der Waals surface area contributed by atoms with Gasteiger partial charge in [0.1, 0.15) is 12.4 Å². The molecule has 0 spiro atoms. The summed E-state index contributed by atoms with van der Waals surface area (Å²) in [6.07, 6.45) is 6.58. The Morgan fingerprint density at radius 1 is 1.05 bits per heavy atom. The van der Waals surface area contributed by atoms with Gasteiger partial charge in [-0.05, 0) is 87.2 Å². The third-order valence-corrected chi connectivity index (χ3v) is 10.9. The van der Waals surface area contributed by atoms with E-state index in [0.29, 0.717) is 44.9 Å². The molecular formula is C29H38O9. The van der Waals surface area contributed by atoms with Crippen LogP contribution in [0.2, 0.25) is 0 Å². The van der Waals surface area contributed by atoms with E-state index >= 15 is 0 Å². The number of carbonyl (C=O) groups excluding carboxylic acids is 2. The van der Waals surface area contributed by atoms with E-state index in [1.54, 1.807) is 6.07 Å². The number of carboxylic acid groups (broad SMARTS) is 1. The molecule has 1 aromatic rings. The molecule has 38 heavy (non-hydrogen) atoms. The minimum Gasteiger partial charge on any atom is -0.481 e. The summed E-state index contributed by atoms with van der Waals surface area (Å²) in [7, 11) is 0. The number of carboxylic acids is 1. The lowest BCUT2D eigenvalue weighted by Gasteiger charge is -2.65. The van der Waals surface area contributed by atoms with Gasteiger partial charge in [-0.2, -0.15) is 0 Å². The first-order chi connectivity index (χ1) is 18.0. The molecule has 4 fully saturated rings. The Kier molecular flexibility index (Phi) is 6.83. The van der Waals surface area contributed by atoms with Crippen molar-refractivity contribution in [3.05, 3.63) is 34.4 Å². The van der Waals surface area contributed by atoms with Gasteiger partial charge in [-0.25, -0.2) is 4.79 Å². The van der Waals surface area contributed by atoms with Gasteiger partial charge in [0.05, 0.1) is 22.9 Å². The fourth-order valence-electron chi connectivity index (χ4n) is 8.96. The van der Waals surface area contributed by atoms with Crippen molar-refractivity contribution in [3.8, 4) is 0 Å². The quantitative estimate of drug-likeness (QED) is 0.356. The number of ether oxygens (including phenoxy) is 1. The fraction of sp³-hybridized carbons (Fsp3) is 0.724. The van der Waals surface area contributed by atoms with Crippen LogP contribution in [0.4, 0.5) is 0 Å². The normalized spacial score (nSPS) is 41.9. The third kappa shape index (κ3) is 4.04. The molecule has 0 saturated heterocycles. The highest BCUT2D eigenvalue weighted by Gasteiger charge is 2.71. The Morgan fingerprint density at radius 2 is 1.82 bits per heavy atom. The minimum absolute atomic E-state index is 0.00234. The second kappa shape index (κ2) is 9.59. The van der Waals surface area contributed by atoms with Crippen LogP contribution < -0.4 is 5.63 Å². The lowest BCUT2D eigenvalue weighted by Crippen LogP contribution is -2.68. The number of esters is 1. The van der Waals surface area contributed by atoms with Crippen LogP contribution in [-0.4, -0.2) is 50.9 Å². The lowest BCUT2D eigenvalue weighted by molar-refractivity contribution is -0.248. The maximum absolute atomic E-state index is 12.9. The summed E-state index contributed by atoms with van der Waals surface area (Å²) in [4.78, 5) is 47.4. The molecule has 208 valence electrons. The molecular weight excluding hydrogens is 492 g/mol. The van der Waals surface area contributed by atoms with Crippen LogP contribution in [0.3, 0.4) is 0 Å². The van der Waals surface area contributed by atoms with Crippen LogP contribution in [-0.2, 0) is 19.1 Å². The molecule has 8 atom stereocenters. The average Bonchev–Trinajstić information content (AvgIpc) is 3.15. The fourth-order valence-corrected chi connectivity index (χ4v) is 8.96. The molecule has 0 bridgehead atoms. The van der Waals surface area contributed by atoms with Gasteiger partial charge in [0.2, 0.25) is 0 Å². The average molecular weight is 531 g/mol. The summed E-state index contributed by atoms with van der Waals surface area (Å²) in [6, 6.07) is 3.21. The number of aldehydes is 1. The lowest BCUT2D eigenvalue weighted by atomic mass is 9.41. The molecule has 4 aliphatic rings. The Labute approximate surface area is 221 Å². The van der Waals surface area contributed by atoms with E-state index in [9.17, 15) is 29.4 Å². The number of carbonyl (C=O) groups is 3. The molecule has 3 N–H and O–H groups in total. The van der Waals surface area contributed by atoms with Crippen molar-refractivity contribution in [1.29, 1.82) is 0 Å². The highest BCUT2D eigenvalue weighted by atomic mass is 16.5. The van der Waals surface area contributed by atoms with Crippen molar-refractivity contribution in [1.82, 2.24) is 0 Å². The molecule has 1 aromatic heterocycles. The first-order valence-corrected chi connectivity index (χ1v) is 13.9. The maximum atomic E-state index is 12.9. The Balaban J connectivity index is 1.35. The number of aliphatic hydroxyl groups is 2. The number of hydrogen-bond acceptors (Lipinski definition) is 8. The van der Waals surface area contributed by atoms with E-state index in [-0.39, 0.29) is 43.4 Å². The van der Waals surface area contributed by atoms with Gasteiger partial charge in [0, 0.05) is 30.7 Å². The topological polar surface area (TPSA) is 151 Å². The Bertz CT molecular complexity index is 1140. The van der Waals surface area contributed by atoms with Crippen LogP contribution in [0.15, 0.2) is 27.6 Å². The molecule has 9 nitrogen and oxygen atoms in total. The van der Waals surface area contributed by atoms with Gasteiger partial charge in [-0.1, -0.05) is 6.92 Å². The van der Waals surface area contributed by atoms with Gasteiger partial charge in [-0.3, -0.25) is 9.59 Å². The van der Waals surface area contributed by atoms with E-state index in [1.165, 1.54) is 12.3 Å². The van der Waals surface area contributed by atoms with Crippen molar-refractivity contribution in [3.63, 3.8) is 0 Å². The largest absolute Gasteiger partial charge is 0.481 e. The van der Waals surface area contributed by atoms with Gasteiger partial charge in [0.15, 0.2) is 0 Å². The zero-order chi connectivity index (χ0) is 27.3. The van der Waals surface area contributed by atoms with E-state index < -0.39 is 45.7 Å². The molecule has 0 radical (unpaired) electrons. The van der Waals surface area contributed by atoms with Gasteiger partial charge in [0.25, 0.3) is 0 Å². The van der Waals surface area contributed by atoms with Crippen LogP contribution in [0.5, 0.6) is 0 Å². The predicted molar refractivity (Wildman–Crippen MR) is 134 cm³/mol. The number of hydrogen-bond donors (Lipinski definition) is 3. The van der Waals surface area contributed by atoms with Gasteiger partial charge < -0.3 is 29.3 Å². The zero-order valence-corrected chi connectivity index (χ0v) is 21.9. The van der Waals surface area contributed by atoms with Crippen molar-refractivity contribution in [2.45, 2.75) is 107 Å². The second-order valence-corrected chi connectivity index (χ2v) is 12.4. The molecule has 0 amide bonds. The third-order valence-electron chi connectivity index (χ3n) is 10.9. The van der Waals surface area contributed by atoms with Crippen LogP contribution in [0.25, 0.3) is 0 Å². The highest BCUT2D eigenvalue weighted by Crippen LogP contribution is 2.71. The molecule has 9 heteroatoms. The first kappa shape index (κ1) is 27.1. The van der Waals surface area contributed by atoms with Crippen LogP contribution >= 0.6 is 0 Å². The van der Waals surface area contributed by atoms with Crippen LogP contribution in [0.1, 0.15) is 95.5 Å². The van der Waals surface area contributed by atoms with Crippen molar-refractivity contribution < 1.29 is 38.9 Å². The molecule has 1 heterocycles. The highest BCUT2D eigenvalue weighted by molar-refractivity contribution is 5.71. The summed E-state index contributed by atoms with van der Waals surface area (Å²) < 4.78 is 10.7. The van der Waals surface area contributed by atoms with E-state index in [2.05, 4.69) is 6.92 Å². The Hall–Kier alpha value is -2.52. The van der Waals surface area contributed by atoms with E-state index in [1.807, 2.05) is 0 Å². The monoisotopic (exact) mass is 530 g/mol. The molecule has 5 rings (SSSR count). The molecule has 4 saturated carbocycles. The van der Waals surface area contributed by atoms with Crippen LogP contribution in [0, 0.1) is 22.7 Å². The van der Waals surface area contributed by atoms with E-state index in [0.717, 1.165) is 18.3 Å². The molecule has 0 unspecified atom stereocenters. The summed E-state index contributed by atoms with van der Waals surface area (Å²) in [6.45, 7) is 2.11. The van der Waals surface area contributed by atoms with Gasteiger partial charge >= 0.3 is 17.6 Å². The number of fused-ring (bicyclic) bond motifs is 5. The summed E-state index contributed by atoms with van der Waals surface area (Å²) in [5.41, 5.74) is -3.30. The smallest absolute Gasteiger partial charge is 0.335 e. The molecule has 4 aliphatic carbocycles. The van der Waals surface area contributed by atoms with Gasteiger partial charge in [-0.15, -0.1) is 0 Å². The molecule has 0 aromatic carbocycles. The number of aliphatic carboxylic acids is 1. The summed E-state index contributed by atoms with van der Waals surface area (Å²) >= 11 is 0. The second-order valence-electron chi connectivity index (χ2n) is 12.4. The van der Waals surface area contributed by atoms with E-state index in [4.69, 9.17) is 14.3 Å². The minimum atomic E-state index is -1.33. The maximum Gasteiger partial charge on any atom is 0.335 e. The standard InChI is InChI=1S/C29H38O9/c1-26-11-8-21-22(29(26,36)14-10-20(26)18-5-6-24(33)37-16-18)9-13-28(35)15-19(7-12-27(21,28)17-30)38-25(34)4-2-3-23(31)32/h5-6,16-17,19-22,35-36H,2-4,7-15H2,1H3,(H,31,32)/t19-,20+,21-,22+,26+,27-,28-,29-/m0/s1. The summed E-state index contributed by atoms with van der Waals surface area (Å²) in [5, 5.41) is 33.0.